The minimum atomic E-state index is -0.589. The van der Waals surface area contributed by atoms with E-state index in [2.05, 4.69) is 10.3 Å². The molecule has 1 heterocycles. The zero-order valence-electron chi connectivity index (χ0n) is 16.3. The van der Waals surface area contributed by atoms with Crippen LogP contribution < -0.4 is 14.8 Å². The number of aliphatic imine (C=N–C) groups is 1. The monoisotopic (exact) mass is 520 g/mol. The van der Waals surface area contributed by atoms with Gasteiger partial charge in [0.25, 0.3) is 0 Å². The lowest BCUT2D eigenvalue weighted by Crippen LogP contribution is -2.07. The van der Waals surface area contributed by atoms with Gasteiger partial charge in [-0.1, -0.05) is 0 Å². The molecule has 0 atom stereocenters. The lowest BCUT2D eigenvalue weighted by molar-refractivity contribution is -0.132. The molecule has 0 radical (unpaired) electrons. The number of hydrogen-bond donors (Lipinski definition) is 1. The standard InChI is InChI=1S/C21H17IN2O6/c1-11(25)23-15-6-4-14(5-7-15)20-24-17(21(27)30-20)9-13-8-16(22)19(29-12(2)26)18(10-13)28-3/h4-10H,1-3H3,(H,23,25)/b17-9+. The number of hydrogen-bond acceptors (Lipinski definition) is 7. The molecule has 0 saturated heterocycles. The molecule has 1 amide bonds. The summed E-state index contributed by atoms with van der Waals surface area (Å²) >= 11 is 2.02. The van der Waals surface area contributed by atoms with Gasteiger partial charge in [0, 0.05) is 25.1 Å². The van der Waals surface area contributed by atoms with Crippen molar-refractivity contribution in [1.82, 2.24) is 0 Å². The van der Waals surface area contributed by atoms with Crippen LogP contribution in [0.25, 0.3) is 6.08 Å². The topological polar surface area (TPSA) is 103 Å². The number of nitrogens with one attached hydrogen (secondary N) is 1. The van der Waals surface area contributed by atoms with Crippen LogP contribution in [0.15, 0.2) is 47.1 Å². The molecule has 0 saturated carbocycles. The average Bonchev–Trinajstić information content (AvgIpc) is 3.04. The summed E-state index contributed by atoms with van der Waals surface area (Å²) in [6.45, 7) is 2.72. The molecule has 0 aromatic heterocycles. The first-order chi connectivity index (χ1) is 14.3. The Kier molecular flexibility index (Phi) is 6.50. The van der Waals surface area contributed by atoms with Gasteiger partial charge in [-0.15, -0.1) is 0 Å². The summed E-state index contributed by atoms with van der Waals surface area (Å²) in [6, 6.07) is 10.1. The highest BCUT2D eigenvalue weighted by Gasteiger charge is 2.24. The maximum atomic E-state index is 12.3. The van der Waals surface area contributed by atoms with Gasteiger partial charge < -0.3 is 19.5 Å². The number of amides is 1. The number of esters is 2. The van der Waals surface area contributed by atoms with E-state index in [9.17, 15) is 14.4 Å². The number of benzene rings is 2. The predicted octanol–water partition coefficient (Wildman–Crippen LogP) is 3.53. The second-order valence-electron chi connectivity index (χ2n) is 6.22. The van der Waals surface area contributed by atoms with Crippen molar-refractivity contribution in [3.05, 3.63) is 56.8 Å². The number of anilines is 1. The molecule has 0 unspecified atom stereocenters. The van der Waals surface area contributed by atoms with Gasteiger partial charge in [0.1, 0.15) is 0 Å². The molecule has 9 heteroatoms. The van der Waals surface area contributed by atoms with E-state index in [0.717, 1.165) is 0 Å². The molecule has 30 heavy (non-hydrogen) atoms. The van der Waals surface area contributed by atoms with Crippen LogP contribution in [0.4, 0.5) is 5.69 Å². The number of carbonyl (C=O) groups excluding carboxylic acids is 3. The third-order valence-electron chi connectivity index (χ3n) is 3.87. The van der Waals surface area contributed by atoms with E-state index >= 15 is 0 Å². The Bertz CT molecular complexity index is 1090. The van der Waals surface area contributed by atoms with Crippen LogP contribution in [-0.2, 0) is 19.1 Å². The van der Waals surface area contributed by atoms with Crippen molar-refractivity contribution in [3.8, 4) is 11.5 Å². The normalized spacial score (nSPS) is 14.2. The van der Waals surface area contributed by atoms with Gasteiger partial charge in [-0.05, 0) is 70.6 Å². The second kappa shape index (κ2) is 9.08. The molecule has 0 fully saturated rings. The van der Waals surface area contributed by atoms with Crippen molar-refractivity contribution in [2.75, 3.05) is 12.4 Å². The number of carbonyl (C=O) groups is 3. The van der Waals surface area contributed by atoms with Gasteiger partial charge >= 0.3 is 11.9 Å². The molecule has 8 nitrogen and oxygen atoms in total. The van der Waals surface area contributed by atoms with Crippen LogP contribution in [0, 0.1) is 3.57 Å². The smallest absolute Gasteiger partial charge is 0.363 e. The summed E-state index contributed by atoms with van der Waals surface area (Å²) in [5.74, 6) is -0.399. The lowest BCUT2D eigenvalue weighted by atomic mass is 10.1. The number of halogens is 1. The van der Waals surface area contributed by atoms with Crippen molar-refractivity contribution < 1.29 is 28.6 Å². The van der Waals surface area contributed by atoms with Crippen molar-refractivity contribution in [2.24, 2.45) is 4.99 Å². The molecule has 2 aromatic rings. The molecular formula is C21H17IN2O6. The van der Waals surface area contributed by atoms with Crippen molar-refractivity contribution in [1.29, 1.82) is 0 Å². The van der Waals surface area contributed by atoms with Gasteiger partial charge in [-0.3, -0.25) is 9.59 Å². The number of ether oxygens (including phenoxy) is 3. The van der Waals surface area contributed by atoms with Gasteiger partial charge in [-0.2, -0.15) is 0 Å². The van der Waals surface area contributed by atoms with E-state index in [-0.39, 0.29) is 17.5 Å². The summed E-state index contributed by atoms with van der Waals surface area (Å²) < 4.78 is 16.4. The van der Waals surface area contributed by atoms with E-state index in [1.807, 2.05) is 22.6 Å². The van der Waals surface area contributed by atoms with Gasteiger partial charge in [0.2, 0.25) is 11.8 Å². The van der Waals surface area contributed by atoms with E-state index < -0.39 is 11.9 Å². The SMILES string of the molecule is COc1cc(/C=C2/N=C(c3ccc(NC(C)=O)cc3)OC2=O)cc(I)c1OC(C)=O. The summed E-state index contributed by atoms with van der Waals surface area (Å²) in [7, 11) is 1.46. The maximum Gasteiger partial charge on any atom is 0.363 e. The maximum absolute atomic E-state index is 12.3. The number of rotatable bonds is 5. The van der Waals surface area contributed by atoms with Crippen LogP contribution in [0.3, 0.4) is 0 Å². The Morgan fingerprint density at radius 1 is 1.17 bits per heavy atom. The Balaban J connectivity index is 1.89. The molecule has 0 spiro atoms. The van der Waals surface area contributed by atoms with Gasteiger partial charge in [0.05, 0.1) is 10.7 Å². The lowest BCUT2D eigenvalue weighted by Gasteiger charge is -2.11. The highest BCUT2D eigenvalue weighted by atomic mass is 127. The quantitative estimate of drug-likeness (QED) is 0.280. The molecule has 0 bridgehead atoms. The van der Waals surface area contributed by atoms with E-state index in [4.69, 9.17) is 14.2 Å². The first kappa shape index (κ1) is 21.5. The molecule has 2 aromatic carbocycles. The molecule has 1 aliphatic heterocycles. The van der Waals surface area contributed by atoms with Gasteiger partial charge in [-0.25, -0.2) is 9.79 Å². The van der Waals surface area contributed by atoms with Crippen LogP contribution in [0.5, 0.6) is 11.5 Å². The van der Waals surface area contributed by atoms with Crippen molar-refractivity contribution in [2.45, 2.75) is 13.8 Å². The molecule has 154 valence electrons. The fourth-order valence-electron chi connectivity index (χ4n) is 2.66. The number of nitrogens with zero attached hydrogens (tertiary/aromatic N) is 1. The molecule has 3 rings (SSSR count). The number of cyclic esters (lactones) is 1. The summed E-state index contributed by atoms with van der Waals surface area (Å²) in [5, 5.41) is 2.66. The Morgan fingerprint density at radius 3 is 2.47 bits per heavy atom. The minimum Gasteiger partial charge on any atom is -0.493 e. The highest BCUT2D eigenvalue weighted by Crippen LogP contribution is 2.35. The third kappa shape index (κ3) is 5.03. The van der Waals surface area contributed by atoms with E-state index in [1.165, 1.54) is 21.0 Å². The second-order valence-corrected chi connectivity index (χ2v) is 7.38. The summed E-state index contributed by atoms with van der Waals surface area (Å²) in [5.41, 5.74) is 1.97. The zero-order valence-corrected chi connectivity index (χ0v) is 18.5. The summed E-state index contributed by atoms with van der Waals surface area (Å²) in [4.78, 5) is 38.9. The predicted molar refractivity (Wildman–Crippen MR) is 118 cm³/mol. The van der Waals surface area contributed by atoms with Crippen LogP contribution >= 0.6 is 22.6 Å². The van der Waals surface area contributed by atoms with Crippen molar-refractivity contribution >= 4 is 58.1 Å². The highest BCUT2D eigenvalue weighted by molar-refractivity contribution is 14.1. The van der Waals surface area contributed by atoms with E-state index in [1.54, 1.807) is 42.5 Å². The first-order valence-corrected chi connectivity index (χ1v) is 9.81. The van der Waals surface area contributed by atoms with Crippen LogP contribution in [0.1, 0.15) is 25.0 Å². The Labute approximate surface area is 186 Å². The number of methoxy groups -OCH3 is 1. The fourth-order valence-corrected chi connectivity index (χ4v) is 3.39. The zero-order chi connectivity index (χ0) is 21.8. The Hall–Kier alpha value is -3.21. The van der Waals surface area contributed by atoms with Gasteiger partial charge in [0.15, 0.2) is 17.2 Å². The van der Waals surface area contributed by atoms with E-state index in [0.29, 0.717) is 31.9 Å². The molecular weight excluding hydrogens is 503 g/mol. The minimum absolute atomic E-state index is 0.119. The molecule has 1 aliphatic rings. The van der Waals surface area contributed by atoms with Crippen molar-refractivity contribution in [3.63, 3.8) is 0 Å². The third-order valence-corrected chi connectivity index (χ3v) is 4.67. The molecule has 0 aliphatic carbocycles. The molecule has 1 N–H and O–H groups in total. The fraction of sp³-hybridized carbons (Fsp3) is 0.143. The first-order valence-electron chi connectivity index (χ1n) is 8.73. The van der Waals surface area contributed by atoms with Crippen LogP contribution in [0.2, 0.25) is 0 Å². The summed E-state index contributed by atoms with van der Waals surface area (Å²) in [6.07, 6.45) is 1.56. The Morgan fingerprint density at radius 2 is 1.87 bits per heavy atom. The average molecular weight is 520 g/mol. The van der Waals surface area contributed by atoms with Crippen LogP contribution in [-0.4, -0.2) is 30.9 Å². The largest absolute Gasteiger partial charge is 0.493 e.